The maximum atomic E-state index is 11.1. The Hall–Kier alpha value is -1.89. The maximum absolute atomic E-state index is 11.1. The largest absolute Gasteiger partial charge is 0.496 e. The van der Waals surface area contributed by atoms with Crippen LogP contribution >= 0.6 is 23.4 Å². The molecule has 1 saturated heterocycles. The molecule has 2 atom stereocenters. The molecule has 1 heterocycles. The predicted molar refractivity (Wildman–Crippen MR) is 98.5 cm³/mol. The lowest BCUT2D eigenvalue weighted by Gasteiger charge is -2.16. The number of halogens is 1. The van der Waals surface area contributed by atoms with Gasteiger partial charge in [-0.2, -0.15) is 0 Å². The summed E-state index contributed by atoms with van der Waals surface area (Å²) in [7, 11) is 1.61. The zero-order valence-corrected chi connectivity index (χ0v) is 15.1. The molecule has 0 radical (unpaired) electrons. The van der Waals surface area contributed by atoms with Crippen LogP contribution in [0, 0.1) is 0 Å². The predicted octanol–water partition coefficient (Wildman–Crippen LogP) is 3.72. The molecule has 1 aliphatic heterocycles. The number of aliphatic carboxylic acids is 1. The normalized spacial score (nSPS) is 19.6. The third kappa shape index (κ3) is 4.21. The van der Waals surface area contributed by atoms with Crippen molar-refractivity contribution in [1.29, 1.82) is 0 Å². The molecule has 2 N–H and O–H groups in total. The minimum atomic E-state index is -0.828. The molecular weight excluding hydrogens is 362 g/mol. The monoisotopic (exact) mass is 379 g/mol. The Labute approximate surface area is 155 Å². The maximum Gasteiger partial charge on any atom is 0.321 e. The minimum absolute atomic E-state index is 0.0638. The van der Waals surface area contributed by atoms with Gasteiger partial charge in [0.15, 0.2) is 0 Å². The molecule has 2 aromatic rings. The molecule has 3 rings (SSSR count). The number of nitrogens with one attached hydrogen (secondary N) is 1. The van der Waals surface area contributed by atoms with E-state index in [0.29, 0.717) is 28.9 Å². The molecule has 7 heteroatoms. The fourth-order valence-electron chi connectivity index (χ4n) is 2.60. The molecule has 0 bridgehead atoms. The van der Waals surface area contributed by atoms with Gasteiger partial charge in [0.1, 0.15) is 24.1 Å². The van der Waals surface area contributed by atoms with Crippen molar-refractivity contribution < 1.29 is 19.4 Å². The van der Waals surface area contributed by atoms with E-state index in [1.165, 1.54) is 0 Å². The summed E-state index contributed by atoms with van der Waals surface area (Å²) in [4.78, 5) is 11.1. The van der Waals surface area contributed by atoms with Crippen molar-refractivity contribution in [3.05, 3.63) is 58.6 Å². The number of benzene rings is 2. The number of hydrogen-bond donors (Lipinski definition) is 2. The summed E-state index contributed by atoms with van der Waals surface area (Å²) in [5, 5.41) is 12.7. The van der Waals surface area contributed by atoms with Crippen molar-refractivity contribution >= 4 is 29.3 Å². The standard InChI is InChI=1S/C18H18ClNO4S/c1-23-15-7-6-11(17-20-14(10-25-17)18(21)22)8-12(15)9-24-16-5-3-2-4-13(16)19/h2-8,14,17,20H,9-10H2,1H3,(H,21,22)/t14-,17-/m1/s1. The topological polar surface area (TPSA) is 67.8 Å². The zero-order valence-electron chi connectivity index (χ0n) is 13.6. The van der Waals surface area contributed by atoms with Crippen LogP contribution in [0.2, 0.25) is 5.02 Å². The fraction of sp³-hybridized carbons (Fsp3) is 0.278. The summed E-state index contributed by atoms with van der Waals surface area (Å²) in [6.07, 6.45) is 0. The van der Waals surface area contributed by atoms with Gasteiger partial charge < -0.3 is 14.6 Å². The van der Waals surface area contributed by atoms with Crippen LogP contribution in [0.15, 0.2) is 42.5 Å². The number of rotatable bonds is 6. The molecule has 0 aliphatic carbocycles. The molecule has 0 unspecified atom stereocenters. The van der Waals surface area contributed by atoms with Crippen LogP contribution in [0.1, 0.15) is 16.5 Å². The lowest BCUT2D eigenvalue weighted by atomic mass is 10.1. The number of carbonyl (C=O) groups is 1. The summed E-state index contributed by atoms with van der Waals surface area (Å²) in [6, 6.07) is 12.5. The van der Waals surface area contributed by atoms with E-state index < -0.39 is 12.0 Å². The van der Waals surface area contributed by atoms with Crippen LogP contribution in [0.25, 0.3) is 0 Å². The van der Waals surface area contributed by atoms with Gasteiger partial charge in [0.25, 0.3) is 0 Å². The van der Waals surface area contributed by atoms with E-state index in [2.05, 4.69) is 5.32 Å². The molecule has 0 aromatic heterocycles. The van der Waals surface area contributed by atoms with Gasteiger partial charge in [-0.05, 0) is 29.8 Å². The Morgan fingerprint density at radius 3 is 2.80 bits per heavy atom. The molecule has 1 fully saturated rings. The van der Waals surface area contributed by atoms with E-state index in [0.717, 1.165) is 11.1 Å². The van der Waals surface area contributed by atoms with Crippen molar-refractivity contribution in [2.75, 3.05) is 12.9 Å². The van der Waals surface area contributed by atoms with Crippen LogP contribution < -0.4 is 14.8 Å². The molecule has 132 valence electrons. The van der Waals surface area contributed by atoms with Crippen molar-refractivity contribution in [2.45, 2.75) is 18.0 Å². The van der Waals surface area contributed by atoms with E-state index in [-0.39, 0.29) is 5.37 Å². The van der Waals surface area contributed by atoms with E-state index in [1.807, 2.05) is 36.4 Å². The number of thioether (sulfide) groups is 1. The van der Waals surface area contributed by atoms with Gasteiger partial charge in [-0.15, -0.1) is 11.8 Å². The first-order valence-electron chi connectivity index (χ1n) is 7.73. The van der Waals surface area contributed by atoms with Crippen LogP contribution in [0.4, 0.5) is 0 Å². The molecule has 25 heavy (non-hydrogen) atoms. The molecule has 0 spiro atoms. The SMILES string of the molecule is COc1ccc([C@@H]2N[C@@H](C(=O)O)CS2)cc1COc1ccccc1Cl. The number of para-hydroxylation sites is 1. The van der Waals surface area contributed by atoms with Crippen molar-refractivity contribution in [3.63, 3.8) is 0 Å². The number of hydrogen-bond acceptors (Lipinski definition) is 5. The molecule has 5 nitrogen and oxygen atoms in total. The van der Waals surface area contributed by atoms with Gasteiger partial charge in [0.2, 0.25) is 0 Å². The second-order valence-electron chi connectivity index (χ2n) is 5.56. The number of ether oxygens (including phenoxy) is 2. The first-order chi connectivity index (χ1) is 12.1. The Kier molecular flexibility index (Phi) is 5.73. The van der Waals surface area contributed by atoms with Gasteiger partial charge in [-0.25, -0.2) is 0 Å². The average Bonchev–Trinajstić information content (AvgIpc) is 3.11. The summed E-state index contributed by atoms with van der Waals surface area (Å²) >= 11 is 7.70. The van der Waals surface area contributed by atoms with E-state index >= 15 is 0 Å². The Morgan fingerprint density at radius 2 is 2.12 bits per heavy atom. The highest BCUT2D eigenvalue weighted by molar-refractivity contribution is 7.99. The second kappa shape index (κ2) is 7.99. The first-order valence-corrected chi connectivity index (χ1v) is 9.15. The summed E-state index contributed by atoms with van der Waals surface area (Å²) < 4.78 is 11.2. The second-order valence-corrected chi connectivity index (χ2v) is 7.11. The zero-order chi connectivity index (χ0) is 17.8. The molecule has 0 saturated carbocycles. The van der Waals surface area contributed by atoms with Crippen LogP contribution in [-0.2, 0) is 11.4 Å². The lowest BCUT2D eigenvalue weighted by molar-refractivity contribution is -0.138. The van der Waals surface area contributed by atoms with E-state index in [1.54, 1.807) is 24.9 Å². The third-order valence-electron chi connectivity index (χ3n) is 3.91. The molecule has 0 amide bonds. The number of carboxylic acids is 1. The minimum Gasteiger partial charge on any atom is -0.496 e. The van der Waals surface area contributed by atoms with Crippen LogP contribution in [0.5, 0.6) is 11.5 Å². The quantitative estimate of drug-likeness (QED) is 0.797. The highest BCUT2D eigenvalue weighted by atomic mass is 35.5. The van der Waals surface area contributed by atoms with Crippen LogP contribution in [0.3, 0.4) is 0 Å². The average molecular weight is 380 g/mol. The van der Waals surface area contributed by atoms with Gasteiger partial charge >= 0.3 is 5.97 Å². The Morgan fingerprint density at radius 1 is 1.32 bits per heavy atom. The van der Waals surface area contributed by atoms with Crippen molar-refractivity contribution in [2.24, 2.45) is 0 Å². The van der Waals surface area contributed by atoms with Crippen LogP contribution in [-0.4, -0.2) is 30.0 Å². The van der Waals surface area contributed by atoms with Crippen molar-refractivity contribution in [1.82, 2.24) is 5.32 Å². The van der Waals surface area contributed by atoms with Gasteiger partial charge in [-0.3, -0.25) is 10.1 Å². The highest BCUT2D eigenvalue weighted by Crippen LogP contribution is 2.35. The molecule has 2 aromatic carbocycles. The van der Waals surface area contributed by atoms with Crippen molar-refractivity contribution in [3.8, 4) is 11.5 Å². The highest BCUT2D eigenvalue weighted by Gasteiger charge is 2.30. The summed E-state index contributed by atoms with van der Waals surface area (Å²) in [5.74, 6) is 1.03. The molecular formula is C18H18ClNO4S. The van der Waals surface area contributed by atoms with E-state index in [4.69, 9.17) is 26.2 Å². The third-order valence-corrected chi connectivity index (χ3v) is 5.49. The Balaban J connectivity index is 1.76. The fourth-order valence-corrected chi connectivity index (χ4v) is 4.01. The smallest absolute Gasteiger partial charge is 0.321 e. The number of carboxylic acid groups (broad SMARTS) is 1. The summed E-state index contributed by atoms with van der Waals surface area (Å²) in [5.41, 5.74) is 1.87. The number of methoxy groups -OCH3 is 1. The summed E-state index contributed by atoms with van der Waals surface area (Å²) in [6.45, 7) is 0.306. The molecule has 1 aliphatic rings. The van der Waals surface area contributed by atoms with Gasteiger partial charge in [-0.1, -0.05) is 29.8 Å². The first kappa shape index (κ1) is 17.9. The Bertz CT molecular complexity index is 770. The van der Waals surface area contributed by atoms with Gasteiger partial charge in [0.05, 0.1) is 17.5 Å². The van der Waals surface area contributed by atoms with Gasteiger partial charge in [0, 0.05) is 11.3 Å². The lowest BCUT2D eigenvalue weighted by Crippen LogP contribution is -2.33. The van der Waals surface area contributed by atoms with E-state index in [9.17, 15) is 4.79 Å².